The molecular formula is C38H43NO4S2. The third-order valence-corrected chi connectivity index (χ3v) is 12.1. The second-order valence-electron chi connectivity index (χ2n) is 15.0. The molecule has 2 fully saturated rings. The molecule has 0 unspecified atom stereocenters. The van der Waals surface area contributed by atoms with Crippen LogP contribution in [-0.2, 0) is 20.0 Å². The zero-order valence-corrected chi connectivity index (χ0v) is 28.8. The number of nitrogens with zero attached hydrogens (tertiary/aromatic N) is 1. The number of rotatable bonds is 4. The van der Waals surface area contributed by atoms with Gasteiger partial charge in [-0.15, -0.1) is 11.8 Å². The van der Waals surface area contributed by atoms with E-state index in [4.69, 9.17) is 4.74 Å². The second-order valence-corrected chi connectivity index (χ2v) is 17.8. The molecule has 0 atom stereocenters. The Hall–Kier alpha value is -3.00. The summed E-state index contributed by atoms with van der Waals surface area (Å²) in [6, 6.07) is 20.8. The molecule has 4 aromatic carbocycles. The van der Waals surface area contributed by atoms with Gasteiger partial charge in [0.05, 0.1) is 18.1 Å². The van der Waals surface area contributed by atoms with Crippen molar-refractivity contribution in [1.82, 2.24) is 0 Å². The maximum Gasteiger partial charge on any atom is 0.175 e. The Morgan fingerprint density at radius 3 is 2.09 bits per heavy atom. The summed E-state index contributed by atoms with van der Waals surface area (Å²) in [5, 5.41) is 13.6. The average molecular weight is 642 g/mol. The lowest BCUT2D eigenvalue weighted by Crippen LogP contribution is -2.44. The van der Waals surface area contributed by atoms with E-state index in [0.29, 0.717) is 4.90 Å². The predicted molar refractivity (Wildman–Crippen MR) is 187 cm³/mol. The SMILES string of the molecule is CSc1cc2c3c(cc(O)c2cc1-c1ccc(N2CCOCC2)cc1)C1(CC(C)(C)CC(C)(C)C1)c1cc(S(C)(=O)=O)ccc1-3. The summed E-state index contributed by atoms with van der Waals surface area (Å²) in [5.74, 6) is 0.277. The van der Waals surface area contributed by atoms with E-state index in [-0.39, 0.29) is 16.6 Å². The van der Waals surface area contributed by atoms with Crippen molar-refractivity contribution < 1.29 is 18.3 Å². The Labute approximate surface area is 271 Å². The molecule has 5 nitrogen and oxygen atoms in total. The van der Waals surface area contributed by atoms with Crippen LogP contribution < -0.4 is 4.90 Å². The fraction of sp³-hybridized carbons (Fsp3) is 0.421. The molecule has 4 aromatic rings. The predicted octanol–water partition coefficient (Wildman–Crippen LogP) is 8.68. The van der Waals surface area contributed by atoms with Crippen molar-refractivity contribution in [3.8, 4) is 28.0 Å². The number of hydrogen-bond donors (Lipinski definition) is 1. The van der Waals surface area contributed by atoms with Crippen LogP contribution in [0, 0.1) is 10.8 Å². The number of fused-ring (bicyclic) bond motifs is 7. The molecule has 1 heterocycles. The zero-order valence-electron chi connectivity index (χ0n) is 27.2. The number of thioether (sulfide) groups is 1. The molecule has 236 valence electrons. The van der Waals surface area contributed by atoms with Gasteiger partial charge in [0.1, 0.15) is 5.75 Å². The number of hydrogen-bond acceptors (Lipinski definition) is 6. The fourth-order valence-corrected chi connectivity index (χ4v) is 10.5. The first-order chi connectivity index (χ1) is 21.2. The molecular weight excluding hydrogens is 599 g/mol. The lowest BCUT2D eigenvalue weighted by atomic mass is 9.52. The molecule has 1 spiro atoms. The van der Waals surface area contributed by atoms with E-state index in [9.17, 15) is 13.5 Å². The van der Waals surface area contributed by atoms with Crippen LogP contribution in [-0.4, -0.2) is 52.3 Å². The highest BCUT2D eigenvalue weighted by Gasteiger charge is 2.54. The highest BCUT2D eigenvalue weighted by molar-refractivity contribution is 7.98. The van der Waals surface area contributed by atoms with E-state index < -0.39 is 15.3 Å². The van der Waals surface area contributed by atoms with Crippen LogP contribution in [0.2, 0.25) is 0 Å². The standard InChI is InChI=1S/C38H43NO4S2/c1-36(2)21-37(3,4)23-38(22-36)31-17-26(45(6,41)42)11-12-27(31)35-30-19-34(44-5)28(18-29(30)33(40)20-32(35)38)24-7-9-25(10-8-24)39-13-15-43-16-14-39/h7-12,17-20,40H,13-16,21-23H2,1-6H3. The molecule has 3 aliphatic rings. The normalized spacial score (nSPS) is 19.9. The minimum Gasteiger partial charge on any atom is -0.507 e. The number of phenolic OH excluding ortho intramolecular Hbond substituents is 1. The molecule has 1 N–H and O–H groups in total. The van der Waals surface area contributed by atoms with E-state index in [2.05, 4.69) is 75.2 Å². The maximum absolute atomic E-state index is 12.8. The molecule has 7 heteroatoms. The van der Waals surface area contributed by atoms with Gasteiger partial charge < -0.3 is 14.7 Å². The topological polar surface area (TPSA) is 66.8 Å². The molecule has 1 aliphatic heterocycles. The van der Waals surface area contributed by atoms with Crippen LogP contribution in [0.25, 0.3) is 33.0 Å². The van der Waals surface area contributed by atoms with Crippen molar-refractivity contribution in [3.05, 3.63) is 71.8 Å². The molecule has 7 rings (SSSR count). The third kappa shape index (κ3) is 5.15. The number of anilines is 1. The summed E-state index contributed by atoms with van der Waals surface area (Å²) in [6.07, 6.45) is 6.27. The first kappa shape index (κ1) is 30.6. The molecule has 2 aliphatic carbocycles. The largest absolute Gasteiger partial charge is 0.507 e. The molecule has 0 bridgehead atoms. The summed E-state index contributed by atoms with van der Waals surface area (Å²) in [5.41, 5.74) is 7.52. The molecule has 0 amide bonds. The van der Waals surface area contributed by atoms with Crippen LogP contribution in [0.3, 0.4) is 0 Å². The van der Waals surface area contributed by atoms with Gasteiger partial charge in [0.2, 0.25) is 0 Å². The quantitative estimate of drug-likeness (QED) is 0.225. The van der Waals surface area contributed by atoms with Gasteiger partial charge in [0.15, 0.2) is 9.84 Å². The second kappa shape index (κ2) is 10.5. The maximum atomic E-state index is 12.8. The summed E-state index contributed by atoms with van der Waals surface area (Å²) >= 11 is 1.71. The van der Waals surface area contributed by atoms with Crippen molar-refractivity contribution >= 4 is 38.1 Å². The first-order valence-corrected chi connectivity index (χ1v) is 19.0. The fourth-order valence-electron chi connectivity index (χ4n) is 9.18. The summed E-state index contributed by atoms with van der Waals surface area (Å²) in [6.45, 7) is 12.6. The number of ether oxygens (including phenoxy) is 1. The first-order valence-electron chi connectivity index (χ1n) is 15.9. The highest BCUT2D eigenvalue weighted by Crippen LogP contribution is 2.65. The van der Waals surface area contributed by atoms with Crippen molar-refractivity contribution in [2.75, 3.05) is 43.7 Å². The van der Waals surface area contributed by atoms with Gasteiger partial charge in [0.25, 0.3) is 0 Å². The molecule has 0 aromatic heterocycles. The minimum absolute atomic E-state index is 0.0357. The molecule has 45 heavy (non-hydrogen) atoms. The Bertz CT molecular complexity index is 1920. The van der Waals surface area contributed by atoms with Crippen LogP contribution >= 0.6 is 11.8 Å². The zero-order chi connectivity index (χ0) is 31.9. The minimum atomic E-state index is -3.39. The monoisotopic (exact) mass is 641 g/mol. The number of aromatic hydroxyl groups is 1. The number of sulfone groups is 1. The lowest BCUT2D eigenvalue weighted by Gasteiger charge is -2.51. The molecule has 1 saturated carbocycles. The van der Waals surface area contributed by atoms with E-state index in [0.717, 1.165) is 94.6 Å². The van der Waals surface area contributed by atoms with E-state index >= 15 is 0 Å². The molecule has 0 radical (unpaired) electrons. The van der Waals surface area contributed by atoms with Gasteiger partial charge in [0, 0.05) is 40.7 Å². The lowest BCUT2D eigenvalue weighted by molar-refractivity contribution is 0.0644. The Morgan fingerprint density at radius 2 is 1.47 bits per heavy atom. The number of morpholine rings is 1. The highest BCUT2D eigenvalue weighted by atomic mass is 32.2. The Balaban J connectivity index is 1.45. The van der Waals surface area contributed by atoms with Gasteiger partial charge in [-0.05, 0) is 118 Å². The van der Waals surface area contributed by atoms with Gasteiger partial charge in [-0.2, -0.15) is 0 Å². The Morgan fingerprint density at radius 1 is 0.800 bits per heavy atom. The summed E-state index contributed by atoms with van der Waals surface area (Å²) < 4.78 is 31.2. The molecule has 1 saturated heterocycles. The summed E-state index contributed by atoms with van der Waals surface area (Å²) in [7, 11) is -3.39. The number of benzene rings is 4. The van der Waals surface area contributed by atoms with Crippen molar-refractivity contribution in [1.29, 1.82) is 0 Å². The van der Waals surface area contributed by atoms with Crippen molar-refractivity contribution in [3.63, 3.8) is 0 Å². The van der Waals surface area contributed by atoms with Gasteiger partial charge in [-0.1, -0.05) is 45.9 Å². The van der Waals surface area contributed by atoms with E-state index in [1.807, 2.05) is 18.2 Å². The van der Waals surface area contributed by atoms with E-state index in [1.165, 1.54) is 11.9 Å². The number of phenols is 1. The smallest absolute Gasteiger partial charge is 0.175 e. The average Bonchev–Trinajstić information content (AvgIpc) is 3.22. The van der Waals surface area contributed by atoms with Crippen LogP contribution in [0.5, 0.6) is 5.75 Å². The summed E-state index contributed by atoms with van der Waals surface area (Å²) in [4.78, 5) is 3.86. The Kier molecular flexibility index (Phi) is 7.16. The van der Waals surface area contributed by atoms with Gasteiger partial charge in [-0.25, -0.2) is 8.42 Å². The van der Waals surface area contributed by atoms with Gasteiger partial charge in [-0.3, -0.25) is 0 Å². The third-order valence-electron chi connectivity index (χ3n) is 10.2. The van der Waals surface area contributed by atoms with Crippen molar-refractivity contribution in [2.24, 2.45) is 10.8 Å². The van der Waals surface area contributed by atoms with E-state index in [1.54, 1.807) is 17.8 Å². The van der Waals surface area contributed by atoms with Crippen LogP contribution in [0.1, 0.15) is 58.1 Å². The van der Waals surface area contributed by atoms with Gasteiger partial charge >= 0.3 is 0 Å². The van der Waals surface area contributed by atoms with Crippen LogP contribution in [0.4, 0.5) is 5.69 Å². The van der Waals surface area contributed by atoms with Crippen molar-refractivity contribution in [2.45, 2.75) is 62.2 Å². The van der Waals surface area contributed by atoms with Crippen LogP contribution in [0.15, 0.2) is 70.5 Å².